The molecule has 0 aromatic heterocycles. The van der Waals surface area contributed by atoms with Crippen molar-refractivity contribution in [3.05, 3.63) is 36.8 Å². The molecule has 0 rings (SSSR count). The Balaban J connectivity index is 5.65. The van der Waals surface area contributed by atoms with Crippen molar-refractivity contribution in [1.82, 2.24) is 0 Å². The van der Waals surface area contributed by atoms with Crippen LogP contribution in [0.2, 0.25) is 54.4 Å². The Morgan fingerprint density at radius 2 is 1.11 bits per heavy atom. The van der Waals surface area contributed by atoms with Gasteiger partial charge in [-0.2, -0.15) is 15.8 Å². The number of hydrogen-bond acceptors (Lipinski definition) is 3. The fourth-order valence-electron chi connectivity index (χ4n) is 6.29. The maximum Gasteiger partial charge on any atom is 0.0920 e. The van der Waals surface area contributed by atoms with Gasteiger partial charge in [-0.15, -0.1) is 36.8 Å². The SMILES string of the molecule is C=C[Si](CC#N)(CCCC)CCCCCC(C[Si](C=C)(CC)CCC#N)C[Si](C=C)(CCC#N)CCCC. The van der Waals surface area contributed by atoms with Crippen LogP contribution in [0.5, 0.6) is 0 Å². The second-order valence-corrected chi connectivity index (χ2v) is 25.6. The maximum absolute atomic E-state index is 9.47. The minimum Gasteiger partial charge on any atom is -0.199 e. The van der Waals surface area contributed by atoms with E-state index in [0.29, 0.717) is 24.8 Å². The Hall–Kier alpha value is -1.66. The van der Waals surface area contributed by atoms with Gasteiger partial charge in [0, 0.05) is 18.9 Å². The van der Waals surface area contributed by atoms with Gasteiger partial charge < -0.3 is 0 Å². The molecule has 0 aliphatic heterocycles. The van der Waals surface area contributed by atoms with Gasteiger partial charge in [0.2, 0.25) is 0 Å². The summed E-state index contributed by atoms with van der Waals surface area (Å²) in [6, 6.07) is 17.4. The molecule has 0 N–H and O–H groups in total. The van der Waals surface area contributed by atoms with Crippen LogP contribution < -0.4 is 0 Å². The van der Waals surface area contributed by atoms with Gasteiger partial charge in [-0.1, -0.05) is 108 Å². The molecule has 0 saturated carbocycles. The first-order valence-electron chi connectivity index (χ1n) is 15.4. The Morgan fingerprint density at radius 3 is 1.58 bits per heavy atom. The van der Waals surface area contributed by atoms with E-state index in [0.717, 1.165) is 18.1 Å². The summed E-state index contributed by atoms with van der Waals surface area (Å²) >= 11 is 0. The average Bonchev–Trinajstić information content (AvgIpc) is 2.95. The molecular formula is C32H57N3Si3. The molecule has 0 aliphatic rings. The number of rotatable bonds is 25. The van der Waals surface area contributed by atoms with Crippen LogP contribution >= 0.6 is 0 Å². The van der Waals surface area contributed by atoms with E-state index in [-0.39, 0.29) is 0 Å². The topological polar surface area (TPSA) is 71.4 Å². The summed E-state index contributed by atoms with van der Waals surface area (Å²) < 4.78 is 0. The zero-order valence-electron chi connectivity index (χ0n) is 25.2. The van der Waals surface area contributed by atoms with Gasteiger partial charge in [0.15, 0.2) is 0 Å². The summed E-state index contributed by atoms with van der Waals surface area (Å²) in [6.45, 7) is 19.6. The molecule has 0 aliphatic carbocycles. The smallest absolute Gasteiger partial charge is 0.0920 e. The number of hydrogen-bond donors (Lipinski definition) is 0. The number of nitriles is 3. The van der Waals surface area contributed by atoms with Crippen molar-refractivity contribution >= 4 is 24.2 Å². The molecule has 0 bridgehead atoms. The molecule has 212 valence electrons. The van der Waals surface area contributed by atoms with Crippen molar-refractivity contribution in [2.75, 3.05) is 0 Å². The largest absolute Gasteiger partial charge is 0.199 e. The highest BCUT2D eigenvalue weighted by Gasteiger charge is 2.36. The van der Waals surface area contributed by atoms with Crippen LogP contribution in [0.1, 0.15) is 85.0 Å². The van der Waals surface area contributed by atoms with Gasteiger partial charge in [-0.05, 0) is 18.0 Å². The maximum atomic E-state index is 9.47. The Morgan fingerprint density at radius 1 is 0.605 bits per heavy atom. The third-order valence-electron chi connectivity index (χ3n) is 9.14. The predicted molar refractivity (Wildman–Crippen MR) is 175 cm³/mol. The van der Waals surface area contributed by atoms with Crippen molar-refractivity contribution in [1.29, 1.82) is 15.8 Å². The predicted octanol–water partition coefficient (Wildman–Crippen LogP) is 10.7. The van der Waals surface area contributed by atoms with E-state index in [1.54, 1.807) is 0 Å². The van der Waals surface area contributed by atoms with Gasteiger partial charge in [-0.3, -0.25) is 0 Å². The van der Waals surface area contributed by atoms with Gasteiger partial charge >= 0.3 is 0 Å². The van der Waals surface area contributed by atoms with Crippen molar-refractivity contribution < 1.29 is 0 Å². The summed E-state index contributed by atoms with van der Waals surface area (Å²) in [5, 5.41) is 28.2. The zero-order valence-corrected chi connectivity index (χ0v) is 28.2. The lowest BCUT2D eigenvalue weighted by atomic mass is 10.1. The van der Waals surface area contributed by atoms with Crippen LogP contribution in [0.3, 0.4) is 0 Å². The summed E-state index contributed by atoms with van der Waals surface area (Å²) in [6.07, 6.45) is 11.0. The third-order valence-corrected chi connectivity index (χ3v) is 23.3. The Labute approximate surface area is 239 Å². The quantitative estimate of drug-likeness (QED) is 0.0813. The van der Waals surface area contributed by atoms with E-state index in [1.807, 2.05) is 0 Å². The zero-order chi connectivity index (χ0) is 28.8. The molecule has 0 fully saturated rings. The first-order chi connectivity index (χ1) is 18.3. The molecule has 0 spiro atoms. The van der Waals surface area contributed by atoms with Gasteiger partial charge in [0.05, 0.1) is 42.4 Å². The molecule has 3 nitrogen and oxygen atoms in total. The first kappa shape index (κ1) is 36.3. The second kappa shape index (κ2) is 21.2. The highest BCUT2D eigenvalue weighted by Crippen LogP contribution is 2.39. The monoisotopic (exact) mass is 567 g/mol. The molecule has 38 heavy (non-hydrogen) atoms. The van der Waals surface area contributed by atoms with E-state index < -0.39 is 24.2 Å². The molecule has 0 heterocycles. The molecule has 6 heteroatoms. The van der Waals surface area contributed by atoms with E-state index in [1.165, 1.54) is 81.6 Å². The molecule has 4 unspecified atom stereocenters. The number of unbranched alkanes of at least 4 members (excludes halogenated alkanes) is 4. The van der Waals surface area contributed by atoms with Gasteiger partial charge in [0.25, 0.3) is 0 Å². The fraction of sp³-hybridized carbons (Fsp3) is 0.719. The normalized spacial score (nSPS) is 16.4. The average molecular weight is 568 g/mol. The third kappa shape index (κ3) is 13.4. The summed E-state index contributed by atoms with van der Waals surface area (Å²) in [5.41, 5.74) is 6.78. The van der Waals surface area contributed by atoms with Crippen molar-refractivity contribution in [2.24, 2.45) is 5.92 Å². The van der Waals surface area contributed by atoms with Crippen molar-refractivity contribution in [3.63, 3.8) is 0 Å². The second-order valence-electron chi connectivity index (χ2n) is 11.8. The summed E-state index contributed by atoms with van der Waals surface area (Å²) in [7, 11) is -5.13. The molecular weight excluding hydrogens is 511 g/mol. The van der Waals surface area contributed by atoms with Crippen LogP contribution in [-0.4, -0.2) is 24.2 Å². The van der Waals surface area contributed by atoms with Crippen LogP contribution in [0.4, 0.5) is 0 Å². The van der Waals surface area contributed by atoms with Crippen molar-refractivity contribution in [2.45, 2.75) is 139 Å². The molecule has 0 aromatic rings. The first-order valence-corrected chi connectivity index (χ1v) is 23.4. The van der Waals surface area contributed by atoms with E-state index in [9.17, 15) is 15.8 Å². The van der Waals surface area contributed by atoms with Crippen LogP contribution in [0.25, 0.3) is 0 Å². The van der Waals surface area contributed by atoms with Gasteiger partial charge in [0.1, 0.15) is 0 Å². The lowest BCUT2D eigenvalue weighted by Crippen LogP contribution is -2.39. The molecule has 4 atom stereocenters. The summed E-state index contributed by atoms with van der Waals surface area (Å²) in [5.74, 6) is 0.638. The van der Waals surface area contributed by atoms with E-state index >= 15 is 0 Å². The molecule has 0 amide bonds. The Kier molecular flexibility index (Phi) is 20.3. The van der Waals surface area contributed by atoms with Crippen LogP contribution in [-0.2, 0) is 0 Å². The Bertz CT molecular complexity index is 808. The fourth-order valence-corrected chi connectivity index (χ4v) is 18.1. The van der Waals surface area contributed by atoms with Crippen LogP contribution in [0, 0.1) is 39.9 Å². The lowest BCUT2D eigenvalue weighted by Gasteiger charge is -2.37. The highest BCUT2D eigenvalue weighted by atomic mass is 28.3. The van der Waals surface area contributed by atoms with E-state index in [2.05, 4.69) is 75.8 Å². The molecule has 0 radical (unpaired) electrons. The summed E-state index contributed by atoms with van der Waals surface area (Å²) in [4.78, 5) is 0. The van der Waals surface area contributed by atoms with E-state index in [4.69, 9.17) is 0 Å². The highest BCUT2D eigenvalue weighted by molar-refractivity contribution is 6.86. The minimum absolute atomic E-state index is 0.637. The minimum atomic E-state index is -1.74. The van der Waals surface area contributed by atoms with Gasteiger partial charge in [-0.25, -0.2) is 0 Å². The number of nitrogens with zero attached hydrogens (tertiary/aromatic N) is 3. The van der Waals surface area contributed by atoms with Crippen molar-refractivity contribution in [3.8, 4) is 18.2 Å². The van der Waals surface area contributed by atoms with Crippen LogP contribution in [0.15, 0.2) is 36.8 Å². The molecule has 0 aromatic carbocycles. The molecule has 0 saturated heterocycles. The standard InChI is InChI=1S/C32H57N3Si3/c1-7-13-24-37(11-5,29-23-35)26-17-15-16-20-32(30-36(9-3,10-4)27-18-21-33)31-38(12-6,25-14-8-2)28-19-22-34/h9,11-12,32H,3,5-8,10,13-20,24-31H2,1-2,4H3. The lowest BCUT2D eigenvalue weighted by molar-refractivity contribution is 0.519.